The van der Waals surface area contributed by atoms with Gasteiger partial charge in [0.2, 0.25) is 0 Å². The van der Waals surface area contributed by atoms with E-state index in [2.05, 4.69) is 0 Å². The van der Waals surface area contributed by atoms with Gasteiger partial charge < -0.3 is 5.11 Å². The quantitative estimate of drug-likeness (QED) is 0.883. The van der Waals surface area contributed by atoms with Crippen molar-refractivity contribution in [3.63, 3.8) is 0 Å². The monoisotopic (exact) mass is 242 g/mol. The van der Waals surface area contributed by atoms with Crippen molar-refractivity contribution in [3.8, 4) is 0 Å². The SMILES string of the molecule is O=C(O)CCC1CSc2ccc(Cl)cc21. The minimum absolute atomic E-state index is 0.233. The Morgan fingerprint density at radius 1 is 1.60 bits per heavy atom. The first-order valence-electron chi connectivity index (χ1n) is 4.81. The Labute approximate surface area is 97.6 Å². The first-order valence-corrected chi connectivity index (χ1v) is 6.17. The van der Waals surface area contributed by atoms with E-state index in [1.54, 1.807) is 11.8 Å². The largest absolute Gasteiger partial charge is 0.481 e. The number of carboxylic acids is 1. The minimum Gasteiger partial charge on any atom is -0.481 e. The number of carbonyl (C=O) groups is 1. The number of benzene rings is 1. The molecule has 0 radical (unpaired) electrons. The van der Waals surface area contributed by atoms with Gasteiger partial charge >= 0.3 is 5.97 Å². The second kappa shape index (κ2) is 4.45. The van der Waals surface area contributed by atoms with E-state index in [0.717, 1.165) is 10.8 Å². The molecule has 1 aliphatic heterocycles. The molecule has 0 saturated carbocycles. The van der Waals surface area contributed by atoms with Crippen LogP contribution in [-0.2, 0) is 4.79 Å². The summed E-state index contributed by atoms with van der Waals surface area (Å²) in [6, 6.07) is 5.86. The third-order valence-electron chi connectivity index (χ3n) is 2.56. The van der Waals surface area contributed by atoms with Crippen molar-refractivity contribution in [1.82, 2.24) is 0 Å². The number of carboxylic acid groups (broad SMARTS) is 1. The van der Waals surface area contributed by atoms with Gasteiger partial charge in [-0.1, -0.05) is 11.6 Å². The molecule has 15 heavy (non-hydrogen) atoms. The Kier molecular flexibility index (Phi) is 3.22. The van der Waals surface area contributed by atoms with E-state index in [1.807, 2.05) is 18.2 Å². The molecule has 0 amide bonds. The maximum atomic E-state index is 10.5. The number of hydrogen-bond donors (Lipinski definition) is 1. The maximum Gasteiger partial charge on any atom is 0.303 e. The Morgan fingerprint density at radius 3 is 3.13 bits per heavy atom. The first-order chi connectivity index (χ1) is 7.16. The number of fused-ring (bicyclic) bond motifs is 1. The third-order valence-corrected chi connectivity index (χ3v) is 4.05. The normalized spacial score (nSPS) is 18.9. The van der Waals surface area contributed by atoms with Crippen LogP contribution >= 0.6 is 23.4 Å². The van der Waals surface area contributed by atoms with Crippen LogP contribution in [0.1, 0.15) is 24.3 Å². The smallest absolute Gasteiger partial charge is 0.303 e. The van der Waals surface area contributed by atoms with Gasteiger partial charge in [-0.25, -0.2) is 0 Å². The van der Waals surface area contributed by atoms with Crippen molar-refractivity contribution >= 4 is 29.3 Å². The molecule has 80 valence electrons. The van der Waals surface area contributed by atoms with E-state index >= 15 is 0 Å². The van der Waals surface area contributed by atoms with Crippen LogP contribution in [0.5, 0.6) is 0 Å². The highest BCUT2D eigenvalue weighted by molar-refractivity contribution is 7.99. The molecule has 1 atom stereocenters. The highest BCUT2D eigenvalue weighted by atomic mass is 35.5. The molecule has 1 aliphatic rings. The van der Waals surface area contributed by atoms with Gasteiger partial charge in [0.25, 0.3) is 0 Å². The fourth-order valence-electron chi connectivity index (χ4n) is 1.79. The fourth-order valence-corrected chi connectivity index (χ4v) is 3.25. The summed E-state index contributed by atoms with van der Waals surface area (Å²) < 4.78 is 0. The zero-order valence-electron chi connectivity index (χ0n) is 8.07. The molecule has 4 heteroatoms. The summed E-state index contributed by atoms with van der Waals surface area (Å²) in [5, 5.41) is 9.38. The Balaban J connectivity index is 2.13. The lowest BCUT2D eigenvalue weighted by Crippen LogP contribution is -2.02. The summed E-state index contributed by atoms with van der Waals surface area (Å²) in [5.74, 6) is 0.596. The molecule has 0 aromatic heterocycles. The van der Waals surface area contributed by atoms with Crippen LogP contribution in [0.2, 0.25) is 5.02 Å². The lowest BCUT2D eigenvalue weighted by Gasteiger charge is -2.08. The van der Waals surface area contributed by atoms with E-state index in [-0.39, 0.29) is 6.42 Å². The van der Waals surface area contributed by atoms with Crippen molar-refractivity contribution in [3.05, 3.63) is 28.8 Å². The zero-order valence-corrected chi connectivity index (χ0v) is 9.64. The average Bonchev–Trinajstić information content (AvgIpc) is 2.57. The van der Waals surface area contributed by atoms with Crippen LogP contribution in [0.4, 0.5) is 0 Å². The number of thioether (sulfide) groups is 1. The van der Waals surface area contributed by atoms with E-state index in [0.29, 0.717) is 12.3 Å². The minimum atomic E-state index is -0.726. The molecule has 0 spiro atoms. The Bertz CT molecular complexity index is 392. The predicted octanol–water partition coefficient (Wildman–Crippen LogP) is 3.39. The van der Waals surface area contributed by atoms with Crippen LogP contribution in [0.25, 0.3) is 0 Å². The number of hydrogen-bond acceptors (Lipinski definition) is 2. The van der Waals surface area contributed by atoms with Crippen LogP contribution in [0.3, 0.4) is 0 Å². The van der Waals surface area contributed by atoms with Gasteiger partial charge in [0.05, 0.1) is 0 Å². The van der Waals surface area contributed by atoms with Gasteiger partial charge in [-0.2, -0.15) is 0 Å². The topological polar surface area (TPSA) is 37.3 Å². The van der Waals surface area contributed by atoms with Crippen molar-refractivity contribution < 1.29 is 9.90 Å². The van der Waals surface area contributed by atoms with E-state index in [1.165, 1.54) is 10.5 Å². The predicted molar refractivity (Wildman–Crippen MR) is 61.8 cm³/mol. The summed E-state index contributed by atoms with van der Waals surface area (Å²) in [5.41, 5.74) is 1.22. The molecule has 1 aromatic carbocycles. The molecule has 1 unspecified atom stereocenters. The summed E-state index contributed by atoms with van der Waals surface area (Å²) in [7, 11) is 0. The third kappa shape index (κ3) is 2.47. The van der Waals surface area contributed by atoms with E-state index < -0.39 is 5.97 Å². The second-order valence-corrected chi connectivity index (χ2v) is 5.12. The van der Waals surface area contributed by atoms with Gasteiger partial charge in [-0.15, -0.1) is 11.8 Å². The standard InChI is InChI=1S/C11H11ClO2S/c12-8-2-3-10-9(5-8)7(6-15-10)1-4-11(13)14/h2-3,5,7H,1,4,6H2,(H,13,14). The molecule has 1 heterocycles. The molecule has 0 saturated heterocycles. The molecule has 2 nitrogen and oxygen atoms in total. The van der Waals surface area contributed by atoms with Gasteiger partial charge in [0.15, 0.2) is 0 Å². The fraction of sp³-hybridized carbons (Fsp3) is 0.364. The Morgan fingerprint density at radius 2 is 2.40 bits per heavy atom. The van der Waals surface area contributed by atoms with E-state index in [4.69, 9.17) is 16.7 Å². The molecular weight excluding hydrogens is 232 g/mol. The van der Waals surface area contributed by atoms with Gasteiger partial charge in [-0.3, -0.25) is 4.79 Å². The number of halogens is 1. The van der Waals surface area contributed by atoms with Gasteiger partial charge in [0, 0.05) is 22.1 Å². The molecule has 2 rings (SSSR count). The first kappa shape index (κ1) is 10.8. The molecule has 0 aliphatic carbocycles. The molecule has 1 aromatic rings. The van der Waals surface area contributed by atoms with Gasteiger partial charge in [0.1, 0.15) is 0 Å². The van der Waals surface area contributed by atoms with Crippen LogP contribution < -0.4 is 0 Å². The van der Waals surface area contributed by atoms with Crippen LogP contribution in [0, 0.1) is 0 Å². The number of rotatable bonds is 3. The maximum absolute atomic E-state index is 10.5. The summed E-state index contributed by atoms with van der Waals surface area (Å²) in [6.07, 6.45) is 0.937. The summed E-state index contributed by atoms with van der Waals surface area (Å²) in [4.78, 5) is 11.7. The summed E-state index contributed by atoms with van der Waals surface area (Å²) in [6.45, 7) is 0. The van der Waals surface area contributed by atoms with Crippen LogP contribution in [0.15, 0.2) is 23.1 Å². The number of aliphatic carboxylic acids is 1. The molecular formula is C11H11ClO2S. The molecule has 1 N–H and O–H groups in total. The lowest BCUT2D eigenvalue weighted by molar-refractivity contribution is -0.137. The molecule has 0 fully saturated rings. The van der Waals surface area contributed by atoms with Gasteiger partial charge in [-0.05, 0) is 36.1 Å². The highest BCUT2D eigenvalue weighted by Gasteiger charge is 2.23. The highest BCUT2D eigenvalue weighted by Crippen LogP contribution is 2.42. The van der Waals surface area contributed by atoms with E-state index in [9.17, 15) is 4.79 Å². The van der Waals surface area contributed by atoms with Crippen molar-refractivity contribution in [2.24, 2.45) is 0 Å². The molecule has 0 bridgehead atoms. The van der Waals surface area contributed by atoms with Crippen molar-refractivity contribution in [2.45, 2.75) is 23.7 Å². The lowest BCUT2D eigenvalue weighted by atomic mass is 9.96. The van der Waals surface area contributed by atoms with Crippen molar-refractivity contribution in [1.29, 1.82) is 0 Å². The van der Waals surface area contributed by atoms with Crippen molar-refractivity contribution in [2.75, 3.05) is 5.75 Å². The Hall–Kier alpha value is -0.670. The zero-order chi connectivity index (χ0) is 10.8. The summed E-state index contributed by atoms with van der Waals surface area (Å²) >= 11 is 7.71. The van der Waals surface area contributed by atoms with Crippen LogP contribution in [-0.4, -0.2) is 16.8 Å². The second-order valence-electron chi connectivity index (χ2n) is 3.62. The average molecular weight is 243 g/mol.